The van der Waals surface area contributed by atoms with E-state index in [4.69, 9.17) is 5.73 Å². The van der Waals surface area contributed by atoms with E-state index in [2.05, 4.69) is 15.3 Å². The van der Waals surface area contributed by atoms with E-state index >= 15 is 0 Å². The fraction of sp³-hybridized carbons (Fsp3) is 0.250. The second-order valence-electron chi connectivity index (χ2n) is 2.87. The summed E-state index contributed by atoms with van der Waals surface area (Å²) < 4.78 is 0. The Kier molecular flexibility index (Phi) is 1.97. The number of hydrogen-bond donors (Lipinski definition) is 2. The van der Waals surface area contributed by atoms with Crippen molar-refractivity contribution in [2.24, 2.45) is 5.73 Å². The number of nitrogens with two attached hydrogens (primary N) is 1. The molecule has 14 heavy (non-hydrogen) atoms. The Bertz CT molecular complexity index is 416. The van der Waals surface area contributed by atoms with E-state index in [0.29, 0.717) is 18.8 Å². The summed E-state index contributed by atoms with van der Waals surface area (Å²) in [6, 6.07) is 0. The van der Waals surface area contributed by atoms with Gasteiger partial charge in [-0.15, -0.1) is 0 Å². The minimum Gasteiger partial charge on any atom is -0.330 e. The van der Waals surface area contributed by atoms with Crippen LogP contribution in [0.3, 0.4) is 0 Å². The third-order valence-corrected chi connectivity index (χ3v) is 1.89. The van der Waals surface area contributed by atoms with Crippen LogP contribution in [0.2, 0.25) is 0 Å². The molecule has 72 valence electrons. The average molecular weight is 192 g/mol. The van der Waals surface area contributed by atoms with Crippen molar-refractivity contribution in [1.82, 2.24) is 15.3 Å². The van der Waals surface area contributed by atoms with Crippen LogP contribution in [0.4, 0.5) is 0 Å². The van der Waals surface area contributed by atoms with Crippen LogP contribution in [-0.4, -0.2) is 28.3 Å². The van der Waals surface area contributed by atoms with Crippen molar-refractivity contribution in [3.05, 3.63) is 23.3 Å². The fourth-order valence-corrected chi connectivity index (χ4v) is 1.24. The first-order valence-corrected chi connectivity index (χ1v) is 4.14. The van der Waals surface area contributed by atoms with Crippen LogP contribution in [0.25, 0.3) is 0 Å². The Morgan fingerprint density at radius 1 is 1.36 bits per heavy atom. The molecule has 1 aliphatic heterocycles. The summed E-state index contributed by atoms with van der Waals surface area (Å²) in [7, 11) is 0. The van der Waals surface area contributed by atoms with Crippen molar-refractivity contribution in [3.8, 4) is 0 Å². The largest absolute Gasteiger partial charge is 0.330 e. The standard InChI is InChI=1S/C8H8N4O2/c9-2-1-5-10-3-4-6(11-5)8(14)12-7(4)13/h3H,1-2,9H2,(H,12,13,14). The zero-order valence-corrected chi connectivity index (χ0v) is 7.28. The predicted octanol–water partition coefficient (Wildman–Crippen LogP) is -1.14. The molecule has 0 spiro atoms. The third-order valence-electron chi connectivity index (χ3n) is 1.89. The van der Waals surface area contributed by atoms with Crippen LogP contribution in [-0.2, 0) is 6.42 Å². The Morgan fingerprint density at radius 3 is 2.86 bits per heavy atom. The van der Waals surface area contributed by atoms with Gasteiger partial charge in [-0.3, -0.25) is 14.9 Å². The van der Waals surface area contributed by atoms with Crippen LogP contribution < -0.4 is 11.1 Å². The van der Waals surface area contributed by atoms with Crippen LogP contribution in [0.15, 0.2) is 6.20 Å². The maximum Gasteiger partial charge on any atom is 0.277 e. The first kappa shape index (κ1) is 8.76. The molecule has 1 aromatic rings. The zero-order chi connectivity index (χ0) is 10.1. The number of imide groups is 1. The highest BCUT2D eigenvalue weighted by molar-refractivity contribution is 6.20. The predicted molar refractivity (Wildman–Crippen MR) is 46.6 cm³/mol. The first-order chi connectivity index (χ1) is 6.72. The van der Waals surface area contributed by atoms with E-state index in [-0.39, 0.29) is 11.3 Å². The molecule has 0 saturated heterocycles. The normalized spacial score (nSPS) is 14.1. The van der Waals surface area contributed by atoms with E-state index in [9.17, 15) is 9.59 Å². The number of carbonyl (C=O) groups excluding carboxylic acids is 2. The molecule has 0 fully saturated rings. The van der Waals surface area contributed by atoms with Gasteiger partial charge in [-0.25, -0.2) is 9.97 Å². The number of nitrogens with zero attached hydrogens (tertiary/aromatic N) is 2. The van der Waals surface area contributed by atoms with Gasteiger partial charge >= 0.3 is 0 Å². The molecule has 0 bridgehead atoms. The van der Waals surface area contributed by atoms with Gasteiger partial charge in [0.05, 0.1) is 5.56 Å². The van der Waals surface area contributed by atoms with E-state index in [1.807, 2.05) is 0 Å². The number of nitrogens with one attached hydrogen (secondary N) is 1. The molecule has 1 aliphatic rings. The van der Waals surface area contributed by atoms with Crippen molar-refractivity contribution in [2.45, 2.75) is 6.42 Å². The average Bonchev–Trinajstić information content (AvgIpc) is 2.43. The van der Waals surface area contributed by atoms with Crippen LogP contribution in [0, 0.1) is 0 Å². The lowest BCUT2D eigenvalue weighted by molar-refractivity contribution is 0.0878. The van der Waals surface area contributed by atoms with Gasteiger partial charge in [0, 0.05) is 12.6 Å². The van der Waals surface area contributed by atoms with Crippen molar-refractivity contribution in [2.75, 3.05) is 6.54 Å². The van der Waals surface area contributed by atoms with Gasteiger partial charge in [-0.2, -0.15) is 0 Å². The monoisotopic (exact) mass is 192 g/mol. The molecule has 0 unspecified atom stereocenters. The second-order valence-corrected chi connectivity index (χ2v) is 2.87. The maximum atomic E-state index is 11.2. The number of rotatable bonds is 2. The number of carbonyl (C=O) groups is 2. The summed E-state index contributed by atoms with van der Waals surface area (Å²) >= 11 is 0. The van der Waals surface area contributed by atoms with Gasteiger partial charge in [0.2, 0.25) is 0 Å². The van der Waals surface area contributed by atoms with Gasteiger partial charge in [-0.1, -0.05) is 0 Å². The van der Waals surface area contributed by atoms with Crippen molar-refractivity contribution < 1.29 is 9.59 Å². The maximum absolute atomic E-state index is 11.2. The Balaban J connectivity index is 2.44. The summed E-state index contributed by atoms with van der Waals surface area (Å²) in [5.41, 5.74) is 5.70. The van der Waals surface area contributed by atoms with Gasteiger partial charge in [-0.05, 0) is 6.54 Å². The molecule has 2 amide bonds. The number of hydrogen-bond acceptors (Lipinski definition) is 5. The number of fused-ring (bicyclic) bond motifs is 1. The fourth-order valence-electron chi connectivity index (χ4n) is 1.24. The van der Waals surface area contributed by atoms with Crippen LogP contribution in [0.5, 0.6) is 0 Å². The molecule has 2 heterocycles. The van der Waals surface area contributed by atoms with E-state index in [1.54, 1.807) is 0 Å². The molecule has 0 aromatic carbocycles. The van der Waals surface area contributed by atoms with Gasteiger partial charge < -0.3 is 5.73 Å². The molecule has 2 rings (SSSR count). The van der Waals surface area contributed by atoms with E-state index in [1.165, 1.54) is 6.20 Å². The van der Waals surface area contributed by atoms with Crippen molar-refractivity contribution >= 4 is 11.8 Å². The molecule has 6 heteroatoms. The summed E-state index contributed by atoms with van der Waals surface area (Å²) in [5, 5.41) is 2.14. The van der Waals surface area contributed by atoms with Gasteiger partial charge in [0.1, 0.15) is 11.5 Å². The summed E-state index contributed by atoms with van der Waals surface area (Å²) in [5.74, 6) is -0.425. The molecule has 0 aliphatic carbocycles. The molecular weight excluding hydrogens is 184 g/mol. The minimum absolute atomic E-state index is 0.147. The topological polar surface area (TPSA) is 98.0 Å². The minimum atomic E-state index is -0.467. The lowest BCUT2D eigenvalue weighted by Crippen LogP contribution is -2.20. The number of aromatic nitrogens is 2. The quantitative estimate of drug-likeness (QED) is 0.577. The second kappa shape index (κ2) is 3.15. The summed E-state index contributed by atoms with van der Waals surface area (Å²) in [6.45, 7) is 0.411. The molecule has 6 nitrogen and oxygen atoms in total. The third kappa shape index (κ3) is 1.25. The van der Waals surface area contributed by atoms with Crippen LogP contribution in [0.1, 0.15) is 26.7 Å². The summed E-state index contributed by atoms with van der Waals surface area (Å²) in [6.07, 6.45) is 1.85. The van der Waals surface area contributed by atoms with Gasteiger partial charge in [0.15, 0.2) is 0 Å². The first-order valence-electron chi connectivity index (χ1n) is 4.14. The zero-order valence-electron chi connectivity index (χ0n) is 7.28. The Labute approximate surface area is 79.5 Å². The van der Waals surface area contributed by atoms with Crippen molar-refractivity contribution in [3.63, 3.8) is 0 Å². The SMILES string of the molecule is NCCc1ncc2c(n1)C(=O)NC2=O. The lowest BCUT2D eigenvalue weighted by Gasteiger charge is -1.97. The molecule has 0 saturated carbocycles. The molecule has 3 N–H and O–H groups in total. The summed E-state index contributed by atoms with van der Waals surface area (Å²) in [4.78, 5) is 30.2. The van der Waals surface area contributed by atoms with Crippen LogP contribution >= 0.6 is 0 Å². The highest BCUT2D eigenvalue weighted by Gasteiger charge is 2.28. The Hall–Kier alpha value is -1.82. The van der Waals surface area contributed by atoms with E-state index in [0.717, 1.165) is 0 Å². The molecular formula is C8H8N4O2. The molecule has 1 aromatic heterocycles. The van der Waals surface area contributed by atoms with E-state index < -0.39 is 11.8 Å². The van der Waals surface area contributed by atoms with Gasteiger partial charge in [0.25, 0.3) is 11.8 Å². The molecule has 0 atom stereocenters. The lowest BCUT2D eigenvalue weighted by atomic mass is 10.2. The number of amides is 2. The smallest absolute Gasteiger partial charge is 0.277 e. The molecule has 0 radical (unpaired) electrons. The highest BCUT2D eigenvalue weighted by atomic mass is 16.2. The highest BCUT2D eigenvalue weighted by Crippen LogP contribution is 2.11. The van der Waals surface area contributed by atoms with Crippen molar-refractivity contribution in [1.29, 1.82) is 0 Å². The Morgan fingerprint density at radius 2 is 2.14 bits per heavy atom.